The molecule has 30 heavy (non-hydrogen) atoms. The first-order valence-electron chi connectivity index (χ1n) is 9.39. The third-order valence-electron chi connectivity index (χ3n) is 4.52. The lowest BCUT2D eigenvalue weighted by molar-refractivity contribution is -0.114. The summed E-state index contributed by atoms with van der Waals surface area (Å²) in [5.41, 5.74) is 1.71. The van der Waals surface area contributed by atoms with Crippen LogP contribution in [0.4, 0.5) is 0 Å². The molecule has 1 N–H and O–H groups in total. The van der Waals surface area contributed by atoms with E-state index in [1.165, 1.54) is 16.8 Å². The van der Waals surface area contributed by atoms with Gasteiger partial charge in [-0.25, -0.2) is 0 Å². The van der Waals surface area contributed by atoms with E-state index in [1.807, 2.05) is 62.4 Å². The van der Waals surface area contributed by atoms with E-state index in [9.17, 15) is 4.79 Å². The van der Waals surface area contributed by atoms with Gasteiger partial charge in [-0.3, -0.25) is 10.2 Å². The lowest BCUT2D eigenvalue weighted by Gasteiger charge is -2.20. The molecule has 0 aliphatic carbocycles. The van der Waals surface area contributed by atoms with Crippen LogP contribution in [0.3, 0.4) is 0 Å². The maximum Gasteiger partial charge on any atom is 0.283 e. The van der Waals surface area contributed by atoms with Crippen molar-refractivity contribution in [2.75, 3.05) is 0 Å². The molecule has 4 rings (SSSR count). The normalized spacial score (nSPS) is 17.3. The monoisotopic (exact) mass is 438 g/mol. The fourth-order valence-electron chi connectivity index (χ4n) is 2.90. The third-order valence-corrected chi connectivity index (χ3v) is 6.10. The van der Waals surface area contributed by atoms with E-state index >= 15 is 0 Å². The predicted molar refractivity (Wildman–Crippen MR) is 122 cm³/mol. The van der Waals surface area contributed by atoms with Crippen LogP contribution < -0.4 is 4.74 Å². The third kappa shape index (κ3) is 4.04. The van der Waals surface area contributed by atoms with Gasteiger partial charge >= 0.3 is 0 Å². The molecule has 0 atom stereocenters. The molecule has 0 unspecified atom stereocenters. The first-order valence-corrected chi connectivity index (χ1v) is 10.6. The molecule has 1 amide bonds. The van der Waals surface area contributed by atoms with Crippen LogP contribution in [-0.2, 0) is 11.4 Å². The Kier molecular flexibility index (Phi) is 5.74. The molecule has 2 aliphatic rings. The summed E-state index contributed by atoms with van der Waals surface area (Å²) in [7, 11) is 0. The zero-order valence-electron chi connectivity index (χ0n) is 16.4. The van der Waals surface area contributed by atoms with Crippen molar-refractivity contribution in [3.63, 3.8) is 0 Å². The molecule has 0 spiro atoms. The van der Waals surface area contributed by atoms with Gasteiger partial charge in [0.25, 0.3) is 5.91 Å². The number of hydrogen-bond acceptors (Lipinski definition) is 5. The number of ether oxygens (including phenoxy) is 1. The summed E-state index contributed by atoms with van der Waals surface area (Å²) in [4.78, 5) is 16.7. The van der Waals surface area contributed by atoms with Crippen molar-refractivity contribution in [2.24, 2.45) is 16.0 Å². The van der Waals surface area contributed by atoms with Crippen LogP contribution in [0.2, 0.25) is 5.02 Å². The second-order valence-corrected chi connectivity index (χ2v) is 8.43. The lowest BCUT2D eigenvalue weighted by Crippen LogP contribution is -2.35. The number of amides is 1. The smallest absolute Gasteiger partial charge is 0.283 e. The Morgan fingerprint density at radius 3 is 2.70 bits per heavy atom. The lowest BCUT2D eigenvalue weighted by atomic mass is 10.1. The highest BCUT2D eigenvalue weighted by Crippen LogP contribution is 2.32. The molecule has 8 heteroatoms. The number of para-hydroxylation sites is 1. The molecule has 2 aromatic rings. The summed E-state index contributed by atoms with van der Waals surface area (Å²) in [6, 6.07) is 14.8. The molecule has 2 aliphatic heterocycles. The molecule has 152 valence electrons. The van der Waals surface area contributed by atoms with Gasteiger partial charge < -0.3 is 4.74 Å². The van der Waals surface area contributed by atoms with Crippen LogP contribution in [0.15, 0.2) is 64.2 Å². The van der Waals surface area contributed by atoms with Crippen LogP contribution in [0.1, 0.15) is 25.0 Å². The highest BCUT2D eigenvalue weighted by atomic mass is 35.5. The minimum absolute atomic E-state index is 0.00839. The van der Waals surface area contributed by atoms with Crippen LogP contribution in [0.5, 0.6) is 5.75 Å². The van der Waals surface area contributed by atoms with E-state index in [1.54, 1.807) is 6.08 Å². The van der Waals surface area contributed by atoms with E-state index in [0.29, 0.717) is 28.1 Å². The van der Waals surface area contributed by atoms with Gasteiger partial charge in [0, 0.05) is 22.1 Å². The topological polar surface area (TPSA) is 78.1 Å². The Bertz CT molecular complexity index is 1120. The van der Waals surface area contributed by atoms with Gasteiger partial charge in [0.1, 0.15) is 17.4 Å². The Labute approximate surface area is 183 Å². The maximum absolute atomic E-state index is 12.6. The average molecular weight is 439 g/mol. The van der Waals surface area contributed by atoms with Gasteiger partial charge in [0.05, 0.1) is 5.57 Å². The number of amidine groups is 2. The number of benzene rings is 2. The SMILES string of the molecule is CC(C)C1=NN2C(=N)/C(=C/c3ccccc3OCc3ccccc3Cl)C(=O)N=C2S1. The number of aliphatic imine (C=N–C) groups is 1. The fourth-order valence-corrected chi connectivity index (χ4v) is 3.98. The van der Waals surface area contributed by atoms with Crippen LogP contribution in [0, 0.1) is 11.3 Å². The number of carbonyl (C=O) groups excluding carboxylic acids is 1. The minimum atomic E-state index is -0.458. The standard InChI is InChI=1S/C22H19ClN4O2S/c1-13(2)21-26-27-19(24)16(20(28)25-22(27)30-21)11-14-7-4-6-10-18(14)29-12-15-8-3-5-9-17(15)23/h3-11,13,24H,12H2,1-2H3/b16-11-,24-19?. The molecule has 0 fully saturated rings. The van der Waals surface area contributed by atoms with Gasteiger partial charge in [-0.1, -0.05) is 61.8 Å². The van der Waals surface area contributed by atoms with E-state index in [2.05, 4.69) is 10.1 Å². The van der Waals surface area contributed by atoms with Crippen molar-refractivity contribution in [1.82, 2.24) is 5.01 Å². The molecule has 0 aromatic heterocycles. The fraction of sp³-hybridized carbons (Fsp3) is 0.182. The summed E-state index contributed by atoms with van der Waals surface area (Å²) in [5.74, 6) is 0.328. The van der Waals surface area contributed by atoms with Gasteiger partial charge in [-0.2, -0.15) is 15.1 Å². The quantitative estimate of drug-likeness (QED) is 0.651. The van der Waals surface area contributed by atoms with Crippen molar-refractivity contribution in [3.05, 3.63) is 70.3 Å². The van der Waals surface area contributed by atoms with Gasteiger partial charge in [0.2, 0.25) is 5.17 Å². The number of hydrazone groups is 1. The minimum Gasteiger partial charge on any atom is -0.488 e. The second-order valence-electron chi connectivity index (χ2n) is 7.03. The molecular formula is C22H19ClN4O2S. The van der Waals surface area contributed by atoms with Crippen LogP contribution >= 0.6 is 23.4 Å². The number of carbonyl (C=O) groups is 1. The summed E-state index contributed by atoms with van der Waals surface area (Å²) in [5, 5.41) is 16.2. The molecule has 0 bridgehead atoms. The molecular weight excluding hydrogens is 420 g/mol. The molecule has 0 radical (unpaired) electrons. The molecule has 6 nitrogen and oxygen atoms in total. The summed E-state index contributed by atoms with van der Waals surface area (Å²) < 4.78 is 5.96. The number of rotatable bonds is 5. The Balaban J connectivity index is 1.62. The van der Waals surface area contributed by atoms with E-state index in [0.717, 1.165) is 10.6 Å². The zero-order valence-corrected chi connectivity index (χ0v) is 18.0. The number of fused-ring (bicyclic) bond motifs is 1. The highest BCUT2D eigenvalue weighted by Gasteiger charge is 2.36. The summed E-state index contributed by atoms with van der Waals surface area (Å²) >= 11 is 7.54. The highest BCUT2D eigenvalue weighted by molar-refractivity contribution is 8.27. The Morgan fingerprint density at radius 1 is 1.20 bits per heavy atom. The number of nitrogens with one attached hydrogen (secondary N) is 1. The first kappa shape index (κ1) is 20.4. The number of thioether (sulfide) groups is 1. The van der Waals surface area contributed by atoms with Crippen LogP contribution in [0.25, 0.3) is 6.08 Å². The molecule has 2 heterocycles. The number of nitrogens with zero attached hydrogens (tertiary/aromatic N) is 3. The van der Waals surface area contributed by atoms with Gasteiger partial charge in [0.15, 0.2) is 5.84 Å². The molecule has 2 aromatic carbocycles. The second kappa shape index (κ2) is 8.45. The Morgan fingerprint density at radius 2 is 1.93 bits per heavy atom. The number of halogens is 1. The van der Waals surface area contributed by atoms with Crippen molar-refractivity contribution < 1.29 is 9.53 Å². The van der Waals surface area contributed by atoms with Gasteiger partial charge in [-0.05, 0) is 30.0 Å². The van der Waals surface area contributed by atoms with E-state index < -0.39 is 5.91 Å². The van der Waals surface area contributed by atoms with Crippen LogP contribution in [-0.4, -0.2) is 27.0 Å². The average Bonchev–Trinajstić information content (AvgIpc) is 3.16. The molecule has 0 saturated carbocycles. The zero-order chi connectivity index (χ0) is 21.3. The van der Waals surface area contributed by atoms with Crippen molar-refractivity contribution in [3.8, 4) is 5.75 Å². The summed E-state index contributed by atoms with van der Waals surface area (Å²) in [6.07, 6.45) is 1.63. The van der Waals surface area contributed by atoms with E-state index in [4.69, 9.17) is 21.7 Å². The first-order chi connectivity index (χ1) is 14.4. The Hall–Kier alpha value is -2.90. The molecule has 0 saturated heterocycles. The van der Waals surface area contributed by atoms with Gasteiger partial charge in [-0.15, -0.1) is 0 Å². The number of hydrogen-bond donors (Lipinski definition) is 1. The predicted octanol–water partition coefficient (Wildman–Crippen LogP) is 5.19. The van der Waals surface area contributed by atoms with Crippen molar-refractivity contribution in [2.45, 2.75) is 20.5 Å². The largest absolute Gasteiger partial charge is 0.488 e. The maximum atomic E-state index is 12.6. The summed E-state index contributed by atoms with van der Waals surface area (Å²) in [6.45, 7) is 4.32. The van der Waals surface area contributed by atoms with E-state index in [-0.39, 0.29) is 17.3 Å². The van der Waals surface area contributed by atoms with Crippen molar-refractivity contribution >= 4 is 51.4 Å². The van der Waals surface area contributed by atoms with Crippen molar-refractivity contribution in [1.29, 1.82) is 5.41 Å².